The normalized spacial score (nSPS) is 11.9. The number of nitrogens with one attached hydrogen (secondary N) is 3. The number of methoxy groups -OCH3 is 1. The summed E-state index contributed by atoms with van der Waals surface area (Å²) < 4.78 is 6.83. The third kappa shape index (κ3) is 4.72. The summed E-state index contributed by atoms with van der Waals surface area (Å²) in [6.07, 6.45) is 1.63. The SMILES string of the molecule is COc1cccc(C(CNC(=O)Nc2ccccc2-n2c(C)c[nH]c2=O)N(C)C)c1. The number of aromatic nitrogens is 2. The lowest BCUT2D eigenvalue weighted by atomic mass is 10.1. The Bertz CT molecular complexity index is 1070. The third-order valence-electron chi connectivity index (χ3n) is 4.91. The fraction of sp³-hybridized carbons (Fsp3) is 0.273. The number of hydrogen-bond acceptors (Lipinski definition) is 4. The van der Waals surface area contributed by atoms with E-state index in [1.54, 1.807) is 25.4 Å². The minimum atomic E-state index is -0.349. The van der Waals surface area contributed by atoms with Gasteiger partial charge in [-0.3, -0.25) is 4.57 Å². The van der Waals surface area contributed by atoms with Crippen LogP contribution in [0.4, 0.5) is 10.5 Å². The van der Waals surface area contributed by atoms with E-state index in [0.717, 1.165) is 17.0 Å². The number of para-hydroxylation sites is 2. The van der Waals surface area contributed by atoms with Gasteiger partial charge in [-0.2, -0.15) is 0 Å². The number of aryl methyl sites for hydroxylation is 1. The molecule has 0 radical (unpaired) electrons. The Morgan fingerprint density at radius 1 is 1.20 bits per heavy atom. The molecule has 8 nitrogen and oxygen atoms in total. The standard InChI is InChI=1S/C22H27N5O3/c1-15-13-24-22(29)27(15)19-11-6-5-10-18(19)25-21(28)23-14-20(26(2)3)16-8-7-9-17(12-16)30-4/h5-13,20H,14H2,1-4H3,(H,24,29)(H2,23,25,28). The molecule has 0 saturated carbocycles. The number of H-pyrrole nitrogens is 1. The van der Waals surface area contributed by atoms with E-state index in [-0.39, 0.29) is 17.8 Å². The first kappa shape index (κ1) is 21.2. The maximum atomic E-state index is 12.6. The predicted molar refractivity (Wildman–Crippen MR) is 118 cm³/mol. The number of nitrogens with zero attached hydrogens (tertiary/aromatic N) is 2. The number of carbonyl (C=O) groups excluding carboxylic acids is 1. The van der Waals surface area contributed by atoms with Gasteiger partial charge >= 0.3 is 11.7 Å². The Morgan fingerprint density at radius 2 is 1.97 bits per heavy atom. The summed E-state index contributed by atoms with van der Waals surface area (Å²) in [6, 6.07) is 14.6. The van der Waals surface area contributed by atoms with Crippen molar-refractivity contribution in [3.8, 4) is 11.4 Å². The molecule has 2 aromatic carbocycles. The number of likely N-dealkylation sites (N-methyl/N-ethyl adjacent to an activating group) is 1. The molecule has 0 saturated heterocycles. The van der Waals surface area contributed by atoms with Crippen molar-refractivity contribution in [2.75, 3.05) is 33.1 Å². The molecule has 1 atom stereocenters. The van der Waals surface area contributed by atoms with Crippen molar-refractivity contribution >= 4 is 11.7 Å². The number of rotatable bonds is 7. The maximum Gasteiger partial charge on any atom is 0.330 e. The first-order valence-corrected chi connectivity index (χ1v) is 9.62. The quantitative estimate of drug-likeness (QED) is 0.560. The molecule has 8 heteroatoms. The minimum Gasteiger partial charge on any atom is -0.497 e. The smallest absolute Gasteiger partial charge is 0.330 e. The minimum absolute atomic E-state index is 0.0318. The summed E-state index contributed by atoms with van der Waals surface area (Å²) in [5.41, 5.74) is 2.68. The summed E-state index contributed by atoms with van der Waals surface area (Å²) in [5, 5.41) is 5.78. The molecular formula is C22H27N5O3. The molecule has 30 heavy (non-hydrogen) atoms. The molecule has 0 spiro atoms. The topological polar surface area (TPSA) is 91.4 Å². The van der Waals surface area contributed by atoms with E-state index in [4.69, 9.17) is 4.74 Å². The van der Waals surface area contributed by atoms with E-state index in [9.17, 15) is 9.59 Å². The van der Waals surface area contributed by atoms with E-state index in [2.05, 4.69) is 15.6 Å². The zero-order chi connectivity index (χ0) is 21.7. The van der Waals surface area contributed by atoms with Gasteiger partial charge in [0.1, 0.15) is 5.75 Å². The molecule has 2 amide bonds. The Hall–Kier alpha value is -3.52. The first-order valence-electron chi connectivity index (χ1n) is 9.62. The monoisotopic (exact) mass is 409 g/mol. The highest BCUT2D eigenvalue weighted by Gasteiger charge is 2.17. The summed E-state index contributed by atoms with van der Waals surface area (Å²) in [7, 11) is 5.55. The van der Waals surface area contributed by atoms with Crippen LogP contribution in [0.25, 0.3) is 5.69 Å². The van der Waals surface area contributed by atoms with Gasteiger partial charge in [0, 0.05) is 18.4 Å². The highest BCUT2D eigenvalue weighted by atomic mass is 16.5. The number of anilines is 1. The highest BCUT2D eigenvalue weighted by molar-refractivity contribution is 5.91. The number of amides is 2. The zero-order valence-corrected chi connectivity index (χ0v) is 17.6. The lowest BCUT2D eigenvalue weighted by molar-refractivity contribution is 0.243. The van der Waals surface area contributed by atoms with Gasteiger partial charge in [0.15, 0.2) is 0 Å². The van der Waals surface area contributed by atoms with E-state index in [0.29, 0.717) is 17.9 Å². The largest absolute Gasteiger partial charge is 0.497 e. The van der Waals surface area contributed by atoms with Crippen LogP contribution in [-0.4, -0.2) is 48.2 Å². The lowest BCUT2D eigenvalue weighted by Gasteiger charge is -2.25. The maximum absolute atomic E-state index is 12.6. The number of hydrogen-bond donors (Lipinski definition) is 3. The van der Waals surface area contributed by atoms with Gasteiger partial charge in [-0.25, -0.2) is 9.59 Å². The second-order valence-electron chi connectivity index (χ2n) is 7.18. The Labute approximate surface area is 175 Å². The number of benzene rings is 2. The number of aromatic amines is 1. The van der Waals surface area contributed by atoms with Crippen molar-refractivity contribution in [1.82, 2.24) is 19.8 Å². The van der Waals surface area contributed by atoms with Crippen LogP contribution in [-0.2, 0) is 0 Å². The molecule has 0 aliphatic carbocycles. The lowest BCUT2D eigenvalue weighted by Crippen LogP contribution is -2.37. The average molecular weight is 409 g/mol. The molecule has 0 fully saturated rings. The molecular weight excluding hydrogens is 382 g/mol. The second-order valence-corrected chi connectivity index (χ2v) is 7.18. The second kappa shape index (κ2) is 9.32. The van der Waals surface area contributed by atoms with E-state index in [1.807, 2.05) is 62.3 Å². The van der Waals surface area contributed by atoms with Gasteiger partial charge in [-0.05, 0) is 50.8 Å². The third-order valence-corrected chi connectivity index (χ3v) is 4.91. The van der Waals surface area contributed by atoms with Crippen molar-refractivity contribution in [3.05, 3.63) is 76.5 Å². The molecule has 0 aliphatic rings. The molecule has 158 valence electrons. The van der Waals surface area contributed by atoms with Gasteiger partial charge < -0.3 is 25.3 Å². The van der Waals surface area contributed by atoms with Gasteiger partial charge in [0.25, 0.3) is 0 Å². The molecule has 1 heterocycles. The highest BCUT2D eigenvalue weighted by Crippen LogP contribution is 2.23. The number of ether oxygens (including phenoxy) is 1. The summed E-state index contributed by atoms with van der Waals surface area (Å²) in [4.78, 5) is 29.5. The molecule has 1 aromatic heterocycles. The number of carbonyl (C=O) groups is 1. The first-order chi connectivity index (χ1) is 14.4. The number of urea groups is 1. The molecule has 0 aliphatic heterocycles. The summed E-state index contributed by atoms with van der Waals surface area (Å²) >= 11 is 0. The fourth-order valence-electron chi connectivity index (χ4n) is 3.33. The zero-order valence-electron chi connectivity index (χ0n) is 17.6. The Balaban J connectivity index is 1.74. The van der Waals surface area contributed by atoms with Crippen molar-refractivity contribution in [2.45, 2.75) is 13.0 Å². The molecule has 3 aromatic rings. The molecule has 3 N–H and O–H groups in total. The molecule has 3 rings (SSSR count). The van der Waals surface area contributed by atoms with Crippen LogP contribution in [0.15, 0.2) is 59.5 Å². The van der Waals surface area contributed by atoms with Crippen molar-refractivity contribution < 1.29 is 9.53 Å². The average Bonchev–Trinajstić information content (AvgIpc) is 3.06. The van der Waals surface area contributed by atoms with Crippen molar-refractivity contribution in [1.29, 1.82) is 0 Å². The van der Waals surface area contributed by atoms with Gasteiger partial charge in [0.2, 0.25) is 0 Å². The molecule has 1 unspecified atom stereocenters. The van der Waals surface area contributed by atoms with Crippen LogP contribution in [0.5, 0.6) is 5.75 Å². The number of imidazole rings is 1. The van der Waals surface area contributed by atoms with Crippen molar-refractivity contribution in [2.24, 2.45) is 0 Å². The summed E-state index contributed by atoms with van der Waals surface area (Å²) in [6.45, 7) is 2.22. The van der Waals surface area contributed by atoms with E-state index < -0.39 is 0 Å². The summed E-state index contributed by atoms with van der Waals surface area (Å²) in [5.74, 6) is 0.769. The van der Waals surface area contributed by atoms with E-state index in [1.165, 1.54) is 4.57 Å². The predicted octanol–water partition coefficient (Wildman–Crippen LogP) is 2.91. The fourth-order valence-corrected chi connectivity index (χ4v) is 3.33. The van der Waals surface area contributed by atoms with Gasteiger partial charge in [-0.1, -0.05) is 24.3 Å². The van der Waals surface area contributed by atoms with E-state index >= 15 is 0 Å². The van der Waals surface area contributed by atoms with Gasteiger partial charge in [0.05, 0.1) is 24.5 Å². The van der Waals surface area contributed by atoms with Gasteiger partial charge in [-0.15, -0.1) is 0 Å². The Morgan fingerprint density at radius 3 is 2.63 bits per heavy atom. The molecule has 0 bridgehead atoms. The van der Waals surface area contributed by atoms with Crippen LogP contribution in [0, 0.1) is 6.92 Å². The van der Waals surface area contributed by atoms with Crippen LogP contribution < -0.4 is 21.1 Å². The van der Waals surface area contributed by atoms with Crippen molar-refractivity contribution in [3.63, 3.8) is 0 Å². The van der Waals surface area contributed by atoms with Crippen LogP contribution in [0.2, 0.25) is 0 Å². The Kier molecular flexibility index (Phi) is 6.58. The van der Waals surface area contributed by atoms with Crippen LogP contribution in [0.1, 0.15) is 17.3 Å². The van der Waals surface area contributed by atoms with Crippen LogP contribution >= 0.6 is 0 Å². The van der Waals surface area contributed by atoms with Crippen LogP contribution in [0.3, 0.4) is 0 Å².